The van der Waals surface area contributed by atoms with Crippen molar-refractivity contribution in [3.05, 3.63) is 11.8 Å². The average molecular weight is 182 g/mol. The summed E-state index contributed by atoms with van der Waals surface area (Å²) < 4.78 is 0. The summed E-state index contributed by atoms with van der Waals surface area (Å²) in [6.07, 6.45) is 9.27. The first kappa shape index (κ1) is 10.3. The molecule has 1 N–H and O–H groups in total. The van der Waals surface area contributed by atoms with Crippen molar-refractivity contribution in [3.8, 4) is 0 Å². The summed E-state index contributed by atoms with van der Waals surface area (Å²) in [7, 11) is 0. The van der Waals surface area contributed by atoms with Crippen molar-refractivity contribution in [1.29, 1.82) is 0 Å². The fourth-order valence-corrected chi connectivity index (χ4v) is 1.74. The van der Waals surface area contributed by atoms with Crippen LogP contribution in [0, 0.1) is 0 Å². The minimum Gasteiger partial charge on any atom is -0.515 e. The van der Waals surface area contributed by atoms with Gasteiger partial charge in [-0.2, -0.15) is 0 Å². The van der Waals surface area contributed by atoms with Gasteiger partial charge in [0.05, 0.1) is 6.26 Å². The number of rotatable bonds is 0. The van der Waals surface area contributed by atoms with Gasteiger partial charge in [0, 0.05) is 12.0 Å². The van der Waals surface area contributed by atoms with Crippen LogP contribution in [0.1, 0.15) is 51.4 Å². The largest absolute Gasteiger partial charge is 0.515 e. The number of hydrogen-bond acceptors (Lipinski definition) is 2. The van der Waals surface area contributed by atoms with E-state index < -0.39 is 0 Å². The first-order valence-corrected chi connectivity index (χ1v) is 5.21. The molecule has 0 bridgehead atoms. The van der Waals surface area contributed by atoms with Crippen molar-refractivity contribution >= 4 is 5.78 Å². The predicted molar refractivity (Wildman–Crippen MR) is 52.7 cm³/mol. The Labute approximate surface area is 79.6 Å². The van der Waals surface area contributed by atoms with Gasteiger partial charge in [0.15, 0.2) is 5.78 Å². The van der Waals surface area contributed by atoms with E-state index in [9.17, 15) is 4.79 Å². The van der Waals surface area contributed by atoms with Crippen LogP contribution in [-0.2, 0) is 4.79 Å². The van der Waals surface area contributed by atoms with Gasteiger partial charge < -0.3 is 5.11 Å². The molecule has 0 aromatic heterocycles. The summed E-state index contributed by atoms with van der Waals surface area (Å²) in [5.41, 5.74) is 0.627. The first-order valence-electron chi connectivity index (χ1n) is 5.21. The van der Waals surface area contributed by atoms with E-state index in [0.29, 0.717) is 12.0 Å². The Bertz CT molecular complexity index is 194. The number of carbonyl (C=O) groups excluding carboxylic acids is 1. The van der Waals surface area contributed by atoms with Crippen LogP contribution in [-0.4, -0.2) is 10.9 Å². The SMILES string of the molecule is O=C1CCCCCCCC/C1=C/O. The van der Waals surface area contributed by atoms with Crippen LogP contribution in [0.5, 0.6) is 0 Å². The number of Topliss-reactive ketones (excluding diaryl/α,β-unsaturated/α-hetero) is 1. The zero-order valence-corrected chi connectivity index (χ0v) is 8.09. The highest BCUT2D eigenvalue weighted by Crippen LogP contribution is 2.17. The minimum absolute atomic E-state index is 0.143. The van der Waals surface area contributed by atoms with Gasteiger partial charge in [0.2, 0.25) is 0 Å². The molecule has 1 fully saturated rings. The van der Waals surface area contributed by atoms with Gasteiger partial charge in [-0.25, -0.2) is 0 Å². The molecular formula is C11H18O2. The molecule has 0 aromatic carbocycles. The van der Waals surface area contributed by atoms with Gasteiger partial charge in [-0.15, -0.1) is 0 Å². The van der Waals surface area contributed by atoms with Crippen molar-refractivity contribution in [2.24, 2.45) is 0 Å². The molecule has 1 saturated carbocycles. The second-order valence-corrected chi connectivity index (χ2v) is 3.70. The van der Waals surface area contributed by atoms with Gasteiger partial charge in [-0.1, -0.05) is 25.7 Å². The Kier molecular flexibility index (Phi) is 4.58. The molecule has 0 saturated heterocycles. The molecule has 0 aliphatic heterocycles. The van der Waals surface area contributed by atoms with Gasteiger partial charge in [-0.3, -0.25) is 4.79 Å². The van der Waals surface area contributed by atoms with Crippen LogP contribution in [0.25, 0.3) is 0 Å². The van der Waals surface area contributed by atoms with E-state index in [1.165, 1.54) is 19.3 Å². The molecule has 1 aliphatic rings. The summed E-state index contributed by atoms with van der Waals surface area (Å²) in [6, 6.07) is 0. The first-order chi connectivity index (χ1) is 6.34. The smallest absolute Gasteiger partial charge is 0.161 e. The van der Waals surface area contributed by atoms with E-state index in [0.717, 1.165) is 31.9 Å². The third-order valence-electron chi connectivity index (χ3n) is 2.61. The van der Waals surface area contributed by atoms with Crippen molar-refractivity contribution < 1.29 is 9.90 Å². The maximum atomic E-state index is 11.4. The maximum Gasteiger partial charge on any atom is 0.161 e. The quantitative estimate of drug-likeness (QED) is 0.461. The molecule has 74 valence electrons. The minimum atomic E-state index is 0.143. The van der Waals surface area contributed by atoms with E-state index in [4.69, 9.17) is 5.11 Å². The Morgan fingerprint density at radius 2 is 1.46 bits per heavy atom. The van der Waals surface area contributed by atoms with E-state index in [2.05, 4.69) is 0 Å². The molecule has 0 spiro atoms. The van der Waals surface area contributed by atoms with Crippen molar-refractivity contribution in [2.75, 3.05) is 0 Å². The lowest BCUT2D eigenvalue weighted by Gasteiger charge is -2.08. The highest BCUT2D eigenvalue weighted by molar-refractivity contribution is 5.94. The molecule has 1 rings (SSSR count). The van der Waals surface area contributed by atoms with Crippen molar-refractivity contribution in [3.63, 3.8) is 0 Å². The van der Waals surface area contributed by atoms with Crippen LogP contribution in [0.2, 0.25) is 0 Å². The molecular weight excluding hydrogens is 164 g/mol. The molecule has 1 aliphatic carbocycles. The van der Waals surface area contributed by atoms with Crippen LogP contribution in [0.4, 0.5) is 0 Å². The average Bonchev–Trinajstić information content (AvgIpc) is 2.16. The fourth-order valence-electron chi connectivity index (χ4n) is 1.74. The summed E-state index contributed by atoms with van der Waals surface area (Å²) in [6.45, 7) is 0. The van der Waals surface area contributed by atoms with Crippen molar-refractivity contribution in [1.82, 2.24) is 0 Å². The van der Waals surface area contributed by atoms with Gasteiger partial charge >= 0.3 is 0 Å². The van der Waals surface area contributed by atoms with E-state index >= 15 is 0 Å². The Balaban J connectivity index is 2.47. The number of carbonyl (C=O) groups is 1. The van der Waals surface area contributed by atoms with Crippen LogP contribution >= 0.6 is 0 Å². The lowest BCUT2D eigenvalue weighted by atomic mass is 9.97. The molecule has 2 nitrogen and oxygen atoms in total. The van der Waals surface area contributed by atoms with Gasteiger partial charge in [0.25, 0.3) is 0 Å². The third kappa shape index (κ3) is 3.62. The summed E-state index contributed by atoms with van der Waals surface area (Å²) >= 11 is 0. The molecule has 0 radical (unpaired) electrons. The van der Waals surface area contributed by atoms with Gasteiger partial charge in [0.1, 0.15) is 0 Å². The number of aliphatic hydroxyl groups excluding tert-OH is 1. The monoisotopic (exact) mass is 182 g/mol. The molecule has 0 aromatic rings. The molecule has 0 amide bonds. The topological polar surface area (TPSA) is 37.3 Å². The van der Waals surface area contributed by atoms with E-state index in [-0.39, 0.29) is 5.78 Å². The molecule has 0 unspecified atom stereocenters. The van der Waals surface area contributed by atoms with Crippen LogP contribution in [0.15, 0.2) is 11.8 Å². The van der Waals surface area contributed by atoms with Gasteiger partial charge in [-0.05, 0) is 19.3 Å². The molecule has 13 heavy (non-hydrogen) atoms. The molecule has 0 atom stereocenters. The lowest BCUT2D eigenvalue weighted by molar-refractivity contribution is -0.116. The highest BCUT2D eigenvalue weighted by Gasteiger charge is 2.10. The third-order valence-corrected chi connectivity index (χ3v) is 2.61. The zero-order valence-electron chi connectivity index (χ0n) is 8.09. The molecule has 0 heterocycles. The predicted octanol–water partition coefficient (Wildman–Crippen LogP) is 3.13. The van der Waals surface area contributed by atoms with Crippen molar-refractivity contribution in [2.45, 2.75) is 51.4 Å². The Morgan fingerprint density at radius 1 is 0.923 bits per heavy atom. The normalized spacial score (nSPS) is 24.6. The number of aliphatic hydroxyl groups is 1. The maximum absolute atomic E-state index is 11.4. The van der Waals surface area contributed by atoms with Crippen LogP contribution < -0.4 is 0 Å². The van der Waals surface area contributed by atoms with E-state index in [1.807, 2.05) is 0 Å². The second-order valence-electron chi connectivity index (χ2n) is 3.70. The Hall–Kier alpha value is -0.790. The number of hydrogen-bond donors (Lipinski definition) is 1. The lowest BCUT2D eigenvalue weighted by Crippen LogP contribution is -2.04. The van der Waals surface area contributed by atoms with Crippen LogP contribution in [0.3, 0.4) is 0 Å². The highest BCUT2D eigenvalue weighted by atomic mass is 16.2. The zero-order chi connectivity index (χ0) is 9.52. The number of allylic oxidation sites excluding steroid dienone is 1. The Morgan fingerprint density at radius 3 is 2.08 bits per heavy atom. The summed E-state index contributed by atoms with van der Waals surface area (Å²) in [4.78, 5) is 11.4. The standard InChI is InChI=1S/C11H18O2/c12-9-10-7-5-3-1-2-4-6-8-11(10)13/h9,12H,1-8H2/b10-9-. The summed E-state index contributed by atoms with van der Waals surface area (Å²) in [5, 5.41) is 8.86. The second kappa shape index (κ2) is 5.79. The summed E-state index contributed by atoms with van der Waals surface area (Å²) in [5.74, 6) is 0.143. The van der Waals surface area contributed by atoms with E-state index in [1.54, 1.807) is 0 Å². The molecule has 2 heteroatoms. The fraction of sp³-hybridized carbons (Fsp3) is 0.727. The number of ketones is 1.